The molecule has 0 atom stereocenters. The molecule has 366 valence electrons. The van der Waals surface area contributed by atoms with Gasteiger partial charge in [-0.3, -0.25) is 9.59 Å². The molecule has 1 saturated heterocycles. The molecule has 7 heteroatoms. The fourth-order valence-corrected chi connectivity index (χ4v) is 7.84. The highest BCUT2D eigenvalue weighted by atomic mass is 16.5. The summed E-state index contributed by atoms with van der Waals surface area (Å²) in [7, 11) is 0. The number of piperidine rings is 1. The number of ether oxygens (including phenoxy) is 4. The van der Waals surface area contributed by atoms with Gasteiger partial charge in [-0.25, -0.2) is 0 Å². The first-order valence-corrected chi connectivity index (χ1v) is 26.7. The number of nitrogens with zero attached hydrogens (tertiary/aromatic N) is 1. The fraction of sp³-hybridized carbons (Fsp3) is 0.724. The molecule has 1 heterocycles. The SMILES string of the molecule is CCCCCC#CCC#CCCCCCCCC(=O)OCCCCOc1cc(CCCN2CCCCC2)cc(OCCCCOC(=O)CCCCCCC/C=C\C/C=C\CCCCC)c1. The maximum Gasteiger partial charge on any atom is 0.305 e. The number of benzene rings is 1. The molecular formula is C58H93NO6. The second-order valence-corrected chi connectivity index (χ2v) is 18.0. The quantitative estimate of drug-likeness (QED) is 0.0281. The number of carbonyl (C=O) groups excluding carboxylic acids is 2. The zero-order chi connectivity index (χ0) is 46.4. The van der Waals surface area contributed by atoms with Crippen LogP contribution in [-0.2, 0) is 25.5 Å². The summed E-state index contributed by atoms with van der Waals surface area (Å²) in [5, 5.41) is 0. The van der Waals surface area contributed by atoms with E-state index in [0.29, 0.717) is 45.7 Å². The lowest BCUT2D eigenvalue weighted by molar-refractivity contribution is -0.144. The van der Waals surface area contributed by atoms with Crippen LogP contribution in [0.2, 0.25) is 0 Å². The second kappa shape index (κ2) is 44.2. The third-order valence-corrected chi connectivity index (χ3v) is 11.8. The largest absolute Gasteiger partial charge is 0.493 e. The molecule has 2 rings (SSSR count). The third kappa shape index (κ3) is 37.1. The predicted molar refractivity (Wildman–Crippen MR) is 272 cm³/mol. The van der Waals surface area contributed by atoms with Gasteiger partial charge < -0.3 is 23.8 Å². The summed E-state index contributed by atoms with van der Waals surface area (Å²) in [5.41, 5.74) is 1.23. The van der Waals surface area contributed by atoms with E-state index < -0.39 is 0 Å². The molecule has 0 spiro atoms. The Morgan fingerprint density at radius 1 is 0.523 bits per heavy atom. The fourth-order valence-electron chi connectivity index (χ4n) is 7.84. The Labute approximate surface area is 399 Å². The van der Waals surface area contributed by atoms with E-state index in [1.807, 2.05) is 6.07 Å². The molecule has 0 unspecified atom stereocenters. The van der Waals surface area contributed by atoms with E-state index in [1.54, 1.807) is 0 Å². The van der Waals surface area contributed by atoms with Crippen LogP contribution >= 0.6 is 0 Å². The number of unbranched alkanes of at least 4 members (excludes halogenated alkanes) is 18. The second-order valence-electron chi connectivity index (χ2n) is 18.0. The third-order valence-electron chi connectivity index (χ3n) is 11.8. The van der Waals surface area contributed by atoms with Crippen molar-refractivity contribution in [3.8, 4) is 35.2 Å². The van der Waals surface area contributed by atoms with Crippen LogP contribution in [0.15, 0.2) is 42.5 Å². The van der Waals surface area contributed by atoms with Gasteiger partial charge >= 0.3 is 11.9 Å². The van der Waals surface area contributed by atoms with E-state index in [9.17, 15) is 9.59 Å². The van der Waals surface area contributed by atoms with Crippen molar-refractivity contribution >= 4 is 11.9 Å². The summed E-state index contributed by atoms with van der Waals surface area (Å²) < 4.78 is 23.4. The van der Waals surface area contributed by atoms with Crippen LogP contribution in [0.4, 0.5) is 0 Å². The Morgan fingerprint density at radius 3 is 1.60 bits per heavy atom. The van der Waals surface area contributed by atoms with Gasteiger partial charge in [0.1, 0.15) is 11.5 Å². The highest BCUT2D eigenvalue weighted by molar-refractivity contribution is 5.69. The van der Waals surface area contributed by atoms with Gasteiger partial charge in [0, 0.05) is 31.7 Å². The molecule has 1 aliphatic heterocycles. The Kier molecular flexibility index (Phi) is 39.0. The monoisotopic (exact) mass is 900 g/mol. The van der Waals surface area contributed by atoms with E-state index in [1.165, 1.54) is 102 Å². The van der Waals surface area contributed by atoms with Gasteiger partial charge in [0.15, 0.2) is 0 Å². The molecule has 1 aromatic rings. The topological polar surface area (TPSA) is 74.3 Å². The molecule has 7 nitrogen and oxygen atoms in total. The minimum Gasteiger partial charge on any atom is -0.493 e. The Bertz CT molecular complexity index is 1490. The first-order valence-electron chi connectivity index (χ1n) is 26.7. The molecule has 0 radical (unpaired) electrons. The van der Waals surface area contributed by atoms with Gasteiger partial charge in [-0.05, 0) is 146 Å². The summed E-state index contributed by atoms with van der Waals surface area (Å²) in [6.07, 6.45) is 44.0. The van der Waals surface area contributed by atoms with Crippen LogP contribution in [-0.4, -0.2) is 62.9 Å². The van der Waals surface area contributed by atoms with E-state index >= 15 is 0 Å². The maximum absolute atomic E-state index is 12.3. The molecule has 0 amide bonds. The van der Waals surface area contributed by atoms with Crippen LogP contribution in [0, 0.1) is 23.7 Å². The molecule has 0 aromatic heterocycles. The molecule has 1 aliphatic rings. The summed E-state index contributed by atoms with van der Waals surface area (Å²) in [6.45, 7) is 10.0. The van der Waals surface area contributed by atoms with Crippen LogP contribution < -0.4 is 9.47 Å². The van der Waals surface area contributed by atoms with Crippen molar-refractivity contribution in [2.75, 3.05) is 46.1 Å². The average molecular weight is 900 g/mol. The molecular weight excluding hydrogens is 807 g/mol. The van der Waals surface area contributed by atoms with Crippen LogP contribution in [0.25, 0.3) is 0 Å². The molecule has 1 aromatic carbocycles. The van der Waals surface area contributed by atoms with E-state index in [4.69, 9.17) is 18.9 Å². The molecule has 0 N–H and O–H groups in total. The standard InChI is InChI=1S/C58H93NO6/c1-3-5-7-9-11-13-15-17-19-21-23-25-27-29-32-42-57(60)64-49-38-36-47-62-55-51-54(41-40-46-59-44-34-31-35-45-59)52-56(53-55)63-48-37-39-50-65-58(61)43-33-30-28-26-24-22-20-18-16-14-12-10-8-6-4-2/h11,13,17,19,51-53H,3-10,15-16,21-50H2,1-2H3/b13-11-,19-17-. The van der Waals surface area contributed by atoms with Crippen molar-refractivity contribution < 1.29 is 28.5 Å². The van der Waals surface area contributed by atoms with E-state index in [2.05, 4.69) is 78.9 Å². The normalized spacial score (nSPS) is 12.8. The molecule has 0 saturated carbocycles. The summed E-state index contributed by atoms with van der Waals surface area (Å²) in [6, 6.07) is 6.29. The first kappa shape index (κ1) is 57.4. The van der Waals surface area contributed by atoms with Gasteiger partial charge in [0.05, 0.1) is 32.8 Å². The van der Waals surface area contributed by atoms with Gasteiger partial charge in [0.2, 0.25) is 0 Å². The van der Waals surface area contributed by atoms with Gasteiger partial charge in [-0.2, -0.15) is 0 Å². The zero-order valence-corrected chi connectivity index (χ0v) is 41.7. The van der Waals surface area contributed by atoms with E-state index in [-0.39, 0.29) is 11.9 Å². The smallest absolute Gasteiger partial charge is 0.305 e. The van der Waals surface area contributed by atoms with Crippen molar-refractivity contribution in [3.63, 3.8) is 0 Å². The van der Waals surface area contributed by atoms with Gasteiger partial charge in [0.25, 0.3) is 0 Å². The maximum atomic E-state index is 12.3. The van der Waals surface area contributed by atoms with Crippen LogP contribution in [0.1, 0.15) is 225 Å². The number of esters is 2. The number of likely N-dealkylation sites (tertiary alicyclic amines) is 1. The van der Waals surface area contributed by atoms with Crippen molar-refractivity contribution in [2.24, 2.45) is 0 Å². The Hall–Kier alpha value is -3.68. The zero-order valence-electron chi connectivity index (χ0n) is 41.7. The molecule has 65 heavy (non-hydrogen) atoms. The molecule has 0 bridgehead atoms. The Balaban J connectivity index is 1.56. The number of hydrogen-bond acceptors (Lipinski definition) is 7. The highest BCUT2D eigenvalue weighted by Crippen LogP contribution is 2.25. The van der Waals surface area contributed by atoms with E-state index in [0.717, 1.165) is 127 Å². The first-order chi connectivity index (χ1) is 32.1. The lowest BCUT2D eigenvalue weighted by Gasteiger charge is -2.26. The number of allylic oxidation sites excluding steroid dienone is 4. The number of hydrogen-bond donors (Lipinski definition) is 0. The average Bonchev–Trinajstić information content (AvgIpc) is 3.31. The molecule has 0 aliphatic carbocycles. The van der Waals surface area contributed by atoms with Crippen LogP contribution in [0.3, 0.4) is 0 Å². The van der Waals surface area contributed by atoms with Gasteiger partial charge in [-0.15, -0.1) is 11.8 Å². The predicted octanol–water partition coefficient (Wildman–Crippen LogP) is 15.0. The van der Waals surface area contributed by atoms with Crippen molar-refractivity contribution in [2.45, 2.75) is 226 Å². The lowest BCUT2D eigenvalue weighted by Crippen LogP contribution is -2.30. The van der Waals surface area contributed by atoms with Crippen molar-refractivity contribution in [1.29, 1.82) is 0 Å². The minimum atomic E-state index is -0.0998. The lowest BCUT2D eigenvalue weighted by atomic mass is 10.1. The van der Waals surface area contributed by atoms with Gasteiger partial charge in [-0.1, -0.05) is 121 Å². The highest BCUT2D eigenvalue weighted by Gasteiger charge is 2.11. The van der Waals surface area contributed by atoms with Crippen molar-refractivity contribution in [1.82, 2.24) is 4.90 Å². The number of aryl methyl sites for hydroxylation is 1. The summed E-state index contributed by atoms with van der Waals surface area (Å²) in [5.74, 6) is 14.2. The Morgan fingerprint density at radius 2 is 1.02 bits per heavy atom. The number of rotatable bonds is 40. The van der Waals surface area contributed by atoms with Crippen LogP contribution in [0.5, 0.6) is 11.5 Å². The van der Waals surface area contributed by atoms with Crippen molar-refractivity contribution in [3.05, 3.63) is 48.1 Å². The molecule has 1 fully saturated rings. The summed E-state index contributed by atoms with van der Waals surface area (Å²) in [4.78, 5) is 27.1. The minimum absolute atomic E-state index is 0.0850. The number of carbonyl (C=O) groups is 2. The summed E-state index contributed by atoms with van der Waals surface area (Å²) >= 11 is 0.